The maximum absolute atomic E-state index is 12.4. The number of benzene rings is 3. The van der Waals surface area contributed by atoms with Gasteiger partial charge in [-0.1, -0.05) is 72.3 Å². The lowest BCUT2D eigenvalue weighted by molar-refractivity contribution is -0.139. The van der Waals surface area contributed by atoms with Crippen LogP contribution in [0.15, 0.2) is 103 Å². The first kappa shape index (κ1) is 27.6. The van der Waals surface area contributed by atoms with Gasteiger partial charge in [0.1, 0.15) is 0 Å². The predicted molar refractivity (Wildman–Crippen MR) is 155 cm³/mol. The number of rotatable bonds is 7. The van der Waals surface area contributed by atoms with Crippen LogP contribution in [0.5, 0.6) is 0 Å². The molecule has 0 spiro atoms. The summed E-state index contributed by atoms with van der Waals surface area (Å²) in [5.41, 5.74) is 4.98. The predicted octanol–water partition coefficient (Wildman–Crippen LogP) is 6.11. The molecule has 5 aromatic rings. The smallest absolute Gasteiger partial charge is 0.312 e. The van der Waals surface area contributed by atoms with E-state index in [4.69, 9.17) is 21.8 Å². The lowest BCUT2D eigenvalue weighted by Crippen LogP contribution is -2.09. The number of carboxylic acid groups (broad SMARTS) is 2. The van der Waals surface area contributed by atoms with Crippen LogP contribution in [-0.4, -0.2) is 42.3 Å². The number of aromatic nitrogens is 3. The summed E-state index contributed by atoms with van der Waals surface area (Å²) in [5, 5.41) is 23.4. The number of aliphatic carboxylic acids is 2. The van der Waals surface area contributed by atoms with Crippen LogP contribution in [0.4, 0.5) is 0 Å². The monoisotopic (exact) mass is 567 g/mol. The van der Waals surface area contributed by atoms with Crippen LogP contribution in [-0.2, 0) is 22.6 Å². The van der Waals surface area contributed by atoms with Crippen molar-refractivity contribution >= 4 is 29.3 Å². The van der Waals surface area contributed by atoms with Crippen molar-refractivity contribution in [2.24, 2.45) is 0 Å². The Hall–Kier alpha value is -4.95. The van der Waals surface area contributed by atoms with Gasteiger partial charge < -0.3 is 14.8 Å². The second-order valence-corrected chi connectivity index (χ2v) is 9.97. The van der Waals surface area contributed by atoms with Crippen molar-refractivity contribution in [2.45, 2.75) is 25.3 Å². The molecule has 0 saturated heterocycles. The second-order valence-electron chi connectivity index (χ2n) is 9.53. The van der Waals surface area contributed by atoms with Gasteiger partial charge in [0.25, 0.3) is 0 Å². The zero-order chi connectivity index (χ0) is 28.9. The standard InChI is InChI=1S/C17H13ClN2O2.C15H13NO3/c18-14-8-6-12(7-9-14)17-13(10-16(21)22)11-20(19-17)15-4-2-1-3-5-15;17-14(10-4-2-1-3-5-10)13-7-6-12-11(15(18)19)8-9-16(12)13/h1-9,11H,10H2,(H,21,22);1-7,11H,8-9H2,(H,18,19). The topological polar surface area (TPSA) is 114 Å². The summed E-state index contributed by atoms with van der Waals surface area (Å²) >= 11 is 5.90. The second kappa shape index (κ2) is 12.1. The Morgan fingerprint density at radius 3 is 2.15 bits per heavy atom. The summed E-state index contributed by atoms with van der Waals surface area (Å²) in [4.78, 5) is 34.6. The minimum atomic E-state index is -0.886. The maximum atomic E-state index is 12.4. The van der Waals surface area contributed by atoms with E-state index in [1.54, 1.807) is 47.3 Å². The van der Waals surface area contributed by atoms with Gasteiger partial charge in [0.15, 0.2) is 0 Å². The number of fused-ring (bicyclic) bond motifs is 1. The molecular formula is C32H26ClN3O5. The summed E-state index contributed by atoms with van der Waals surface area (Å²) < 4.78 is 3.52. The van der Waals surface area contributed by atoms with Crippen LogP contribution >= 0.6 is 11.6 Å². The molecule has 206 valence electrons. The Labute approximate surface area is 241 Å². The van der Waals surface area contributed by atoms with Crippen molar-refractivity contribution in [1.29, 1.82) is 0 Å². The molecule has 1 aliphatic heterocycles. The molecule has 6 rings (SSSR count). The molecule has 41 heavy (non-hydrogen) atoms. The highest BCUT2D eigenvalue weighted by Gasteiger charge is 2.31. The SMILES string of the molecule is O=C(O)Cc1cn(-c2ccccc2)nc1-c1ccc(Cl)cc1.O=C(c1ccccc1)c1ccc2n1CCC2C(=O)O. The van der Waals surface area contributed by atoms with Gasteiger partial charge >= 0.3 is 11.9 Å². The highest BCUT2D eigenvalue weighted by atomic mass is 35.5. The zero-order valence-electron chi connectivity index (χ0n) is 21.9. The van der Waals surface area contributed by atoms with Crippen LogP contribution in [0.3, 0.4) is 0 Å². The normalized spacial score (nSPS) is 13.6. The number of hydrogen-bond donors (Lipinski definition) is 2. The van der Waals surface area contributed by atoms with E-state index in [1.807, 2.05) is 65.2 Å². The maximum Gasteiger partial charge on any atom is 0.312 e. The van der Waals surface area contributed by atoms with E-state index in [0.717, 1.165) is 16.9 Å². The van der Waals surface area contributed by atoms with Crippen molar-refractivity contribution in [1.82, 2.24) is 14.3 Å². The highest BCUT2D eigenvalue weighted by molar-refractivity contribution is 6.30. The van der Waals surface area contributed by atoms with Gasteiger partial charge in [-0.05, 0) is 42.8 Å². The van der Waals surface area contributed by atoms with Crippen LogP contribution in [0.2, 0.25) is 5.02 Å². The molecular weight excluding hydrogens is 542 g/mol. The van der Waals surface area contributed by atoms with Gasteiger partial charge in [-0.3, -0.25) is 14.4 Å². The van der Waals surface area contributed by atoms with Gasteiger partial charge in [0, 0.05) is 40.1 Å². The number of carboxylic acids is 2. The summed E-state index contributed by atoms with van der Waals surface area (Å²) in [6.45, 7) is 0.590. The molecule has 1 unspecified atom stereocenters. The Balaban J connectivity index is 0.000000166. The van der Waals surface area contributed by atoms with Crippen LogP contribution in [0.1, 0.15) is 39.6 Å². The van der Waals surface area contributed by atoms with Gasteiger partial charge in [0.2, 0.25) is 5.78 Å². The van der Waals surface area contributed by atoms with E-state index in [0.29, 0.717) is 40.5 Å². The highest BCUT2D eigenvalue weighted by Crippen LogP contribution is 2.31. The van der Waals surface area contributed by atoms with Gasteiger partial charge in [-0.15, -0.1) is 0 Å². The van der Waals surface area contributed by atoms with Crippen LogP contribution in [0, 0.1) is 0 Å². The minimum absolute atomic E-state index is 0.0575. The fraction of sp³-hybridized carbons (Fsp3) is 0.125. The lowest BCUT2D eigenvalue weighted by Gasteiger charge is -2.05. The number of nitrogens with zero attached hydrogens (tertiary/aromatic N) is 3. The van der Waals surface area contributed by atoms with Gasteiger partial charge in [-0.2, -0.15) is 5.10 Å². The molecule has 3 aromatic carbocycles. The summed E-state index contributed by atoms with van der Waals surface area (Å²) in [5.74, 6) is -2.26. The van der Waals surface area contributed by atoms with E-state index < -0.39 is 17.9 Å². The molecule has 1 aliphatic rings. The Kier molecular flexibility index (Phi) is 8.12. The van der Waals surface area contributed by atoms with Crippen LogP contribution < -0.4 is 0 Å². The average Bonchev–Trinajstić information content (AvgIpc) is 3.70. The Bertz CT molecular complexity index is 1690. The lowest BCUT2D eigenvalue weighted by atomic mass is 10.1. The fourth-order valence-corrected chi connectivity index (χ4v) is 5.02. The molecule has 0 fully saturated rings. The van der Waals surface area contributed by atoms with Gasteiger partial charge in [-0.25, -0.2) is 4.68 Å². The minimum Gasteiger partial charge on any atom is -0.481 e. The molecule has 1 atom stereocenters. The molecule has 9 heteroatoms. The number of hydrogen-bond acceptors (Lipinski definition) is 4. The third-order valence-corrected chi connectivity index (χ3v) is 7.10. The first-order valence-corrected chi connectivity index (χ1v) is 13.3. The first-order valence-electron chi connectivity index (χ1n) is 13.0. The quantitative estimate of drug-likeness (QED) is 0.229. The number of halogens is 1. The number of ketones is 1. The van der Waals surface area contributed by atoms with E-state index in [9.17, 15) is 14.4 Å². The molecule has 0 saturated carbocycles. The van der Waals surface area contributed by atoms with Crippen molar-refractivity contribution in [3.8, 4) is 16.9 Å². The van der Waals surface area contributed by atoms with E-state index in [-0.39, 0.29) is 12.2 Å². The van der Waals surface area contributed by atoms with E-state index >= 15 is 0 Å². The third-order valence-electron chi connectivity index (χ3n) is 6.85. The fourth-order valence-electron chi connectivity index (χ4n) is 4.89. The zero-order valence-corrected chi connectivity index (χ0v) is 22.6. The molecule has 0 radical (unpaired) electrons. The first-order chi connectivity index (χ1) is 19.8. The largest absolute Gasteiger partial charge is 0.481 e. The van der Waals surface area contributed by atoms with E-state index in [2.05, 4.69) is 5.10 Å². The summed E-state index contributed by atoms with van der Waals surface area (Å²) in [6.07, 6.45) is 2.23. The Morgan fingerprint density at radius 2 is 1.51 bits per heavy atom. The Morgan fingerprint density at radius 1 is 0.854 bits per heavy atom. The number of para-hydroxylation sites is 1. The molecule has 8 nitrogen and oxygen atoms in total. The molecule has 3 heterocycles. The molecule has 2 aromatic heterocycles. The van der Waals surface area contributed by atoms with Crippen molar-refractivity contribution in [3.05, 3.63) is 131 Å². The van der Waals surface area contributed by atoms with Crippen molar-refractivity contribution in [2.75, 3.05) is 0 Å². The van der Waals surface area contributed by atoms with E-state index in [1.165, 1.54) is 0 Å². The van der Waals surface area contributed by atoms with Crippen LogP contribution in [0.25, 0.3) is 16.9 Å². The summed E-state index contributed by atoms with van der Waals surface area (Å²) in [7, 11) is 0. The van der Waals surface area contributed by atoms with Gasteiger partial charge in [0.05, 0.1) is 29.4 Å². The molecule has 0 aliphatic carbocycles. The molecule has 2 N–H and O–H groups in total. The van der Waals surface area contributed by atoms with Crippen molar-refractivity contribution < 1.29 is 24.6 Å². The number of carbonyl (C=O) groups is 3. The summed E-state index contributed by atoms with van der Waals surface area (Å²) in [6, 6.07) is 29.3. The van der Waals surface area contributed by atoms with Crippen molar-refractivity contribution in [3.63, 3.8) is 0 Å². The number of carbonyl (C=O) groups excluding carboxylic acids is 1. The third kappa shape index (κ3) is 6.13. The molecule has 0 amide bonds. The molecule has 0 bridgehead atoms. The average molecular weight is 568 g/mol.